The molecule has 0 saturated heterocycles. The molecule has 4 unspecified atom stereocenters. The lowest BCUT2D eigenvalue weighted by atomic mass is 9.95. The van der Waals surface area contributed by atoms with E-state index in [4.69, 9.17) is 0 Å². The summed E-state index contributed by atoms with van der Waals surface area (Å²) in [7, 11) is 4.32. The smallest absolute Gasteiger partial charge is 0.0186 e. The van der Waals surface area contributed by atoms with E-state index in [1.807, 2.05) is 0 Å². The molecule has 4 atom stereocenters. The van der Waals surface area contributed by atoms with Gasteiger partial charge < -0.3 is 10.2 Å². The van der Waals surface area contributed by atoms with E-state index in [2.05, 4.69) is 31.2 Å². The van der Waals surface area contributed by atoms with Gasteiger partial charge in [0.2, 0.25) is 0 Å². The Balaban J connectivity index is 1.71. The first-order chi connectivity index (χ1) is 6.66. The molecule has 2 saturated carbocycles. The minimum atomic E-state index is 0.661. The minimum absolute atomic E-state index is 0.661. The van der Waals surface area contributed by atoms with E-state index < -0.39 is 0 Å². The molecule has 2 rings (SSSR count). The van der Waals surface area contributed by atoms with Gasteiger partial charge in [-0.05, 0) is 52.1 Å². The Labute approximate surface area is 88.1 Å². The van der Waals surface area contributed by atoms with E-state index in [9.17, 15) is 0 Å². The number of likely N-dealkylation sites (N-methyl/N-ethyl adjacent to an activating group) is 1. The van der Waals surface area contributed by atoms with Crippen LogP contribution in [0.2, 0.25) is 0 Å². The van der Waals surface area contributed by atoms with E-state index in [1.165, 1.54) is 25.7 Å². The maximum absolute atomic E-state index is 3.75. The molecule has 0 aromatic rings. The van der Waals surface area contributed by atoms with Crippen LogP contribution in [0.15, 0.2) is 0 Å². The maximum atomic E-state index is 3.75. The lowest BCUT2D eigenvalue weighted by Crippen LogP contribution is -2.42. The molecule has 82 valence electrons. The van der Waals surface area contributed by atoms with Crippen molar-refractivity contribution >= 4 is 0 Å². The van der Waals surface area contributed by atoms with Crippen molar-refractivity contribution in [2.75, 3.05) is 20.6 Å². The first kappa shape index (κ1) is 10.4. The molecular weight excluding hydrogens is 172 g/mol. The van der Waals surface area contributed by atoms with E-state index in [0.29, 0.717) is 6.04 Å². The van der Waals surface area contributed by atoms with Crippen LogP contribution in [0.3, 0.4) is 0 Å². The number of nitrogens with zero attached hydrogens (tertiary/aromatic N) is 1. The largest absolute Gasteiger partial charge is 0.312 e. The van der Waals surface area contributed by atoms with E-state index >= 15 is 0 Å². The van der Waals surface area contributed by atoms with Crippen molar-refractivity contribution in [3.8, 4) is 0 Å². The highest BCUT2D eigenvalue weighted by molar-refractivity contribution is 4.94. The van der Waals surface area contributed by atoms with E-state index in [0.717, 1.165) is 24.4 Å². The third kappa shape index (κ3) is 2.12. The second-order valence-electron chi connectivity index (χ2n) is 5.50. The van der Waals surface area contributed by atoms with Gasteiger partial charge in [0, 0.05) is 18.6 Å². The topological polar surface area (TPSA) is 15.3 Å². The molecule has 0 radical (unpaired) electrons. The fraction of sp³-hybridized carbons (Fsp3) is 1.00. The molecule has 2 nitrogen and oxygen atoms in total. The molecule has 0 amide bonds. The van der Waals surface area contributed by atoms with Crippen molar-refractivity contribution in [2.45, 2.75) is 44.7 Å². The van der Waals surface area contributed by atoms with Gasteiger partial charge in [-0.3, -0.25) is 0 Å². The van der Waals surface area contributed by atoms with E-state index in [-0.39, 0.29) is 0 Å². The second kappa shape index (κ2) is 4.19. The van der Waals surface area contributed by atoms with Crippen LogP contribution in [0, 0.1) is 11.8 Å². The second-order valence-corrected chi connectivity index (χ2v) is 5.50. The predicted molar refractivity (Wildman–Crippen MR) is 60.4 cm³/mol. The molecule has 1 N–H and O–H groups in total. The Bertz CT molecular complexity index is 191. The number of hydrogen-bond donors (Lipinski definition) is 1. The van der Waals surface area contributed by atoms with Gasteiger partial charge in [-0.2, -0.15) is 0 Å². The molecule has 0 heterocycles. The van der Waals surface area contributed by atoms with Crippen molar-refractivity contribution < 1.29 is 0 Å². The van der Waals surface area contributed by atoms with Crippen LogP contribution >= 0.6 is 0 Å². The summed E-state index contributed by atoms with van der Waals surface area (Å²) in [5.74, 6) is 2.07. The highest BCUT2D eigenvalue weighted by Crippen LogP contribution is 2.44. The molecule has 2 aliphatic carbocycles. The Kier molecular flexibility index (Phi) is 3.13. The van der Waals surface area contributed by atoms with Gasteiger partial charge in [-0.15, -0.1) is 0 Å². The summed E-state index contributed by atoms with van der Waals surface area (Å²) in [5.41, 5.74) is 0. The molecule has 2 aliphatic rings. The van der Waals surface area contributed by atoms with Crippen molar-refractivity contribution in [1.29, 1.82) is 0 Å². The van der Waals surface area contributed by atoms with Crippen LogP contribution < -0.4 is 5.32 Å². The fourth-order valence-corrected chi connectivity index (χ4v) is 3.00. The predicted octanol–water partition coefficient (Wildman–Crippen LogP) is 1.71. The molecule has 2 heteroatoms. The zero-order valence-corrected chi connectivity index (χ0v) is 9.79. The summed E-state index contributed by atoms with van der Waals surface area (Å²) >= 11 is 0. The lowest BCUT2D eigenvalue weighted by molar-refractivity contribution is 0.270. The van der Waals surface area contributed by atoms with Crippen molar-refractivity contribution in [3.05, 3.63) is 0 Å². The lowest BCUT2D eigenvalue weighted by Gasteiger charge is -2.27. The number of nitrogens with one attached hydrogen (secondary N) is 1. The van der Waals surface area contributed by atoms with Crippen LogP contribution in [-0.2, 0) is 0 Å². The van der Waals surface area contributed by atoms with Gasteiger partial charge in [0.25, 0.3) is 0 Å². The van der Waals surface area contributed by atoms with E-state index in [1.54, 1.807) is 0 Å². The SMILES string of the molecule is CC(CNC1CC2CCC1C2)N(C)C. The summed E-state index contributed by atoms with van der Waals surface area (Å²) in [4.78, 5) is 2.29. The standard InChI is InChI=1S/C12H24N2/c1-9(14(2)3)8-13-12-7-10-4-5-11(12)6-10/h9-13H,4-8H2,1-3H3. The molecule has 0 aromatic carbocycles. The van der Waals surface area contributed by atoms with Gasteiger partial charge in [-0.25, -0.2) is 0 Å². The summed E-state index contributed by atoms with van der Waals surface area (Å²) in [6, 6.07) is 1.50. The summed E-state index contributed by atoms with van der Waals surface area (Å²) < 4.78 is 0. The number of hydrogen-bond acceptors (Lipinski definition) is 2. The summed E-state index contributed by atoms with van der Waals surface area (Å²) in [5, 5.41) is 3.75. The monoisotopic (exact) mass is 196 g/mol. The average molecular weight is 196 g/mol. The van der Waals surface area contributed by atoms with Gasteiger partial charge >= 0.3 is 0 Å². The number of fused-ring (bicyclic) bond motifs is 2. The van der Waals surface area contributed by atoms with Gasteiger partial charge in [0.05, 0.1) is 0 Å². The molecule has 0 spiro atoms. The zero-order valence-electron chi connectivity index (χ0n) is 9.79. The van der Waals surface area contributed by atoms with Gasteiger partial charge in [0.1, 0.15) is 0 Å². The first-order valence-electron chi connectivity index (χ1n) is 6.06. The Morgan fingerprint density at radius 1 is 1.29 bits per heavy atom. The Morgan fingerprint density at radius 3 is 2.57 bits per heavy atom. The minimum Gasteiger partial charge on any atom is -0.312 e. The Morgan fingerprint density at radius 2 is 2.07 bits per heavy atom. The molecular formula is C12H24N2. The van der Waals surface area contributed by atoms with Crippen molar-refractivity contribution in [2.24, 2.45) is 11.8 Å². The highest BCUT2D eigenvalue weighted by Gasteiger charge is 2.39. The van der Waals surface area contributed by atoms with Crippen molar-refractivity contribution in [3.63, 3.8) is 0 Å². The summed E-state index contributed by atoms with van der Waals surface area (Å²) in [6.07, 6.45) is 5.95. The van der Waals surface area contributed by atoms with Gasteiger partial charge in [-0.1, -0.05) is 6.42 Å². The third-order valence-corrected chi connectivity index (χ3v) is 4.30. The third-order valence-electron chi connectivity index (χ3n) is 4.30. The zero-order chi connectivity index (χ0) is 10.1. The van der Waals surface area contributed by atoms with Gasteiger partial charge in [0.15, 0.2) is 0 Å². The van der Waals surface area contributed by atoms with Crippen LogP contribution in [0.5, 0.6) is 0 Å². The number of rotatable bonds is 4. The molecule has 0 aliphatic heterocycles. The highest BCUT2D eigenvalue weighted by atomic mass is 15.1. The summed E-state index contributed by atoms with van der Waals surface area (Å²) in [6.45, 7) is 3.45. The van der Waals surface area contributed by atoms with Crippen LogP contribution in [0.4, 0.5) is 0 Å². The van der Waals surface area contributed by atoms with Crippen LogP contribution in [-0.4, -0.2) is 37.6 Å². The van der Waals surface area contributed by atoms with Crippen molar-refractivity contribution in [1.82, 2.24) is 10.2 Å². The average Bonchev–Trinajstić information content (AvgIpc) is 2.74. The normalized spacial score (nSPS) is 38.1. The quantitative estimate of drug-likeness (QED) is 0.736. The molecule has 14 heavy (non-hydrogen) atoms. The first-order valence-corrected chi connectivity index (χ1v) is 6.06. The van der Waals surface area contributed by atoms with Crippen LogP contribution in [0.1, 0.15) is 32.6 Å². The molecule has 2 fully saturated rings. The molecule has 2 bridgehead atoms. The Hall–Kier alpha value is -0.0800. The maximum Gasteiger partial charge on any atom is 0.0186 e. The van der Waals surface area contributed by atoms with Crippen LogP contribution in [0.25, 0.3) is 0 Å². The molecule has 0 aromatic heterocycles. The fourth-order valence-electron chi connectivity index (χ4n) is 3.00.